The smallest absolute Gasteiger partial charge is 0.224 e. The topological polar surface area (TPSA) is 75.3 Å². The number of hydrogen-bond donors (Lipinski definition) is 2. The van der Waals surface area contributed by atoms with Crippen LogP contribution >= 0.6 is 11.6 Å². The van der Waals surface area contributed by atoms with Gasteiger partial charge in [-0.3, -0.25) is 4.79 Å². The van der Waals surface area contributed by atoms with Crippen molar-refractivity contribution >= 4 is 33.0 Å². The molecule has 1 aliphatic rings. The molecule has 1 heterocycles. The predicted molar refractivity (Wildman–Crippen MR) is 83.4 cm³/mol. The lowest BCUT2D eigenvalue weighted by atomic mass is 10.0. The van der Waals surface area contributed by atoms with E-state index in [4.69, 9.17) is 11.6 Å². The molecular weight excluding hydrogens is 312 g/mol. The maximum absolute atomic E-state index is 11.9. The Balaban J connectivity index is 1.99. The van der Waals surface area contributed by atoms with Crippen LogP contribution in [0.15, 0.2) is 23.1 Å². The Labute approximate surface area is 130 Å². The molecule has 1 amide bonds. The fourth-order valence-electron chi connectivity index (χ4n) is 2.34. The van der Waals surface area contributed by atoms with Crippen LogP contribution in [0.2, 0.25) is 5.02 Å². The maximum atomic E-state index is 11.9. The summed E-state index contributed by atoms with van der Waals surface area (Å²) in [4.78, 5) is 12.1. The van der Waals surface area contributed by atoms with Crippen LogP contribution in [-0.2, 0) is 14.6 Å². The summed E-state index contributed by atoms with van der Waals surface area (Å²) >= 11 is 6.00. The number of carbonyl (C=O) groups is 1. The minimum atomic E-state index is -3.32. The normalized spacial score (nSPS) is 18.7. The third-order valence-corrected chi connectivity index (χ3v) is 5.02. The molecule has 5 nitrogen and oxygen atoms in total. The van der Waals surface area contributed by atoms with E-state index >= 15 is 0 Å². The van der Waals surface area contributed by atoms with Crippen LogP contribution in [0.25, 0.3) is 0 Å². The van der Waals surface area contributed by atoms with Gasteiger partial charge >= 0.3 is 0 Å². The van der Waals surface area contributed by atoms with E-state index in [2.05, 4.69) is 10.6 Å². The second-order valence-electron chi connectivity index (χ2n) is 5.36. The van der Waals surface area contributed by atoms with E-state index in [1.54, 1.807) is 0 Å². The van der Waals surface area contributed by atoms with Gasteiger partial charge in [0.2, 0.25) is 5.91 Å². The lowest BCUT2D eigenvalue weighted by molar-refractivity contribution is -0.116. The average molecular weight is 331 g/mol. The largest absolute Gasteiger partial charge is 0.325 e. The molecule has 1 saturated heterocycles. The van der Waals surface area contributed by atoms with Crippen molar-refractivity contribution in [3.05, 3.63) is 23.2 Å². The van der Waals surface area contributed by atoms with E-state index in [1.165, 1.54) is 18.2 Å². The van der Waals surface area contributed by atoms with Gasteiger partial charge in [-0.15, -0.1) is 0 Å². The Morgan fingerprint density at radius 3 is 2.86 bits per heavy atom. The van der Waals surface area contributed by atoms with Gasteiger partial charge in [-0.05, 0) is 50.0 Å². The Hall–Kier alpha value is -1.11. The highest BCUT2D eigenvalue weighted by Crippen LogP contribution is 2.25. The molecule has 0 spiro atoms. The van der Waals surface area contributed by atoms with Gasteiger partial charge in [0.15, 0.2) is 9.84 Å². The summed E-state index contributed by atoms with van der Waals surface area (Å²) in [5, 5.41) is 6.28. The van der Waals surface area contributed by atoms with Gasteiger partial charge in [0.25, 0.3) is 0 Å². The minimum Gasteiger partial charge on any atom is -0.325 e. The molecule has 1 aromatic rings. The third kappa shape index (κ3) is 4.69. The SMILES string of the molecule is CS(=O)(=O)c1ccc(Cl)c(NC(=O)CCC2CCNC2)c1. The van der Waals surface area contributed by atoms with Gasteiger partial charge in [-0.1, -0.05) is 11.6 Å². The molecular formula is C14H19ClN2O3S. The number of amides is 1. The molecule has 21 heavy (non-hydrogen) atoms. The summed E-state index contributed by atoms with van der Waals surface area (Å²) < 4.78 is 23.0. The fraction of sp³-hybridized carbons (Fsp3) is 0.500. The number of sulfone groups is 1. The number of nitrogens with one attached hydrogen (secondary N) is 2. The second kappa shape index (κ2) is 6.77. The van der Waals surface area contributed by atoms with Gasteiger partial charge in [-0.2, -0.15) is 0 Å². The Morgan fingerprint density at radius 1 is 1.48 bits per heavy atom. The Kier molecular flexibility index (Phi) is 5.24. The monoisotopic (exact) mass is 330 g/mol. The van der Waals surface area contributed by atoms with E-state index in [-0.39, 0.29) is 10.8 Å². The molecule has 2 N–H and O–H groups in total. The van der Waals surface area contributed by atoms with Crippen molar-refractivity contribution in [1.82, 2.24) is 5.32 Å². The van der Waals surface area contributed by atoms with Gasteiger partial charge < -0.3 is 10.6 Å². The molecule has 1 aliphatic heterocycles. The van der Waals surface area contributed by atoms with E-state index in [0.29, 0.717) is 23.0 Å². The Morgan fingerprint density at radius 2 is 2.24 bits per heavy atom. The first-order chi connectivity index (χ1) is 9.86. The summed E-state index contributed by atoms with van der Waals surface area (Å²) in [5.41, 5.74) is 0.342. The van der Waals surface area contributed by atoms with E-state index in [9.17, 15) is 13.2 Å². The van der Waals surface area contributed by atoms with Crippen LogP contribution in [-0.4, -0.2) is 33.7 Å². The molecule has 2 rings (SSSR count). The van der Waals surface area contributed by atoms with Crippen LogP contribution in [0.1, 0.15) is 19.3 Å². The first-order valence-electron chi connectivity index (χ1n) is 6.86. The second-order valence-corrected chi connectivity index (χ2v) is 7.78. The number of carbonyl (C=O) groups excluding carboxylic acids is 1. The quantitative estimate of drug-likeness (QED) is 0.866. The third-order valence-electron chi connectivity index (χ3n) is 3.58. The Bertz CT molecular complexity index is 625. The summed E-state index contributed by atoms with van der Waals surface area (Å²) in [5.74, 6) is 0.392. The van der Waals surface area contributed by atoms with Crippen molar-refractivity contribution in [2.24, 2.45) is 5.92 Å². The zero-order valence-electron chi connectivity index (χ0n) is 11.9. The van der Waals surface area contributed by atoms with Crippen molar-refractivity contribution in [3.8, 4) is 0 Å². The number of benzene rings is 1. The predicted octanol–water partition coefficient (Wildman–Crippen LogP) is 2.07. The molecule has 0 saturated carbocycles. The standard InChI is InChI=1S/C14H19ClN2O3S/c1-21(19,20)11-3-4-12(15)13(8-11)17-14(18)5-2-10-6-7-16-9-10/h3-4,8,10,16H,2,5-7,9H2,1H3,(H,17,18). The van der Waals surface area contributed by atoms with Crippen LogP contribution in [0.5, 0.6) is 0 Å². The minimum absolute atomic E-state index is 0.141. The van der Waals surface area contributed by atoms with E-state index in [0.717, 1.165) is 32.2 Å². The number of hydrogen-bond acceptors (Lipinski definition) is 4. The van der Waals surface area contributed by atoms with Crippen molar-refractivity contribution in [2.45, 2.75) is 24.2 Å². The number of halogens is 1. The first-order valence-corrected chi connectivity index (χ1v) is 9.13. The molecule has 0 radical (unpaired) electrons. The molecule has 116 valence electrons. The maximum Gasteiger partial charge on any atom is 0.224 e. The molecule has 1 unspecified atom stereocenters. The van der Waals surface area contributed by atoms with Gasteiger partial charge in [0.1, 0.15) is 0 Å². The van der Waals surface area contributed by atoms with E-state index < -0.39 is 9.84 Å². The van der Waals surface area contributed by atoms with Crippen molar-refractivity contribution < 1.29 is 13.2 Å². The molecule has 0 aliphatic carbocycles. The van der Waals surface area contributed by atoms with Gasteiger partial charge in [0, 0.05) is 12.7 Å². The van der Waals surface area contributed by atoms with Crippen LogP contribution in [0.3, 0.4) is 0 Å². The lowest BCUT2D eigenvalue weighted by Crippen LogP contribution is -2.15. The lowest BCUT2D eigenvalue weighted by Gasteiger charge is -2.11. The first kappa shape index (κ1) is 16.3. The zero-order chi connectivity index (χ0) is 15.5. The van der Waals surface area contributed by atoms with Gasteiger partial charge in [-0.25, -0.2) is 8.42 Å². The summed E-state index contributed by atoms with van der Waals surface area (Å²) in [7, 11) is -3.32. The molecule has 1 aromatic carbocycles. The highest BCUT2D eigenvalue weighted by Gasteiger charge is 2.17. The highest BCUT2D eigenvalue weighted by atomic mass is 35.5. The highest BCUT2D eigenvalue weighted by molar-refractivity contribution is 7.90. The summed E-state index contributed by atoms with van der Waals surface area (Å²) in [6.07, 6.45) is 3.44. The van der Waals surface area contributed by atoms with Crippen molar-refractivity contribution in [3.63, 3.8) is 0 Å². The van der Waals surface area contributed by atoms with Crippen LogP contribution in [0, 0.1) is 5.92 Å². The van der Waals surface area contributed by atoms with Crippen molar-refractivity contribution in [1.29, 1.82) is 0 Å². The summed E-state index contributed by atoms with van der Waals surface area (Å²) in [6.45, 7) is 1.96. The van der Waals surface area contributed by atoms with Gasteiger partial charge in [0.05, 0.1) is 15.6 Å². The summed E-state index contributed by atoms with van der Waals surface area (Å²) in [6, 6.07) is 4.30. The van der Waals surface area contributed by atoms with Crippen LogP contribution < -0.4 is 10.6 Å². The zero-order valence-corrected chi connectivity index (χ0v) is 13.4. The molecule has 1 atom stereocenters. The molecule has 1 fully saturated rings. The number of anilines is 1. The fourth-order valence-corrected chi connectivity index (χ4v) is 3.15. The van der Waals surface area contributed by atoms with E-state index in [1.807, 2.05) is 0 Å². The van der Waals surface area contributed by atoms with Crippen molar-refractivity contribution in [2.75, 3.05) is 24.7 Å². The average Bonchev–Trinajstić information content (AvgIpc) is 2.91. The van der Waals surface area contributed by atoms with Crippen LogP contribution in [0.4, 0.5) is 5.69 Å². The number of rotatable bonds is 5. The molecule has 0 bridgehead atoms. The molecule has 7 heteroatoms. The molecule has 0 aromatic heterocycles.